The second kappa shape index (κ2) is 12.8. The van der Waals surface area contributed by atoms with Crippen molar-refractivity contribution in [2.75, 3.05) is 32.1 Å². The van der Waals surface area contributed by atoms with Crippen molar-refractivity contribution >= 4 is 5.69 Å². The lowest BCUT2D eigenvalue weighted by Gasteiger charge is -2.32. The molecule has 1 aliphatic rings. The third-order valence-corrected chi connectivity index (χ3v) is 6.54. The summed E-state index contributed by atoms with van der Waals surface area (Å²) in [4.78, 5) is 2.59. The molecule has 0 saturated heterocycles. The molecule has 1 aromatic rings. The van der Waals surface area contributed by atoms with Gasteiger partial charge >= 0.3 is 0 Å². The lowest BCUT2D eigenvalue weighted by molar-refractivity contribution is 0.192. The van der Waals surface area contributed by atoms with Crippen LogP contribution in [0.2, 0.25) is 0 Å². The van der Waals surface area contributed by atoms with Gasteiger partial charge in [0, 0.05) is 30.3 Å². The van der Waals surface area contributed by atoms with Crippen molar-refractivity contribution in [3.05, 3.63) is 65.5 Å². The molecular weight excluding hydrogens is 380 g/mol. The number of nitrogens with zero attached hydrogens (tertiary/aromatic N) is 1. The molecule has 172 valence electrons. The molecule has 0 saturated carbocycles. The summed E-state index contributed by atoms with van der Waals surface area (Å²) in [5.41, 5.74) is 3.97. The molecule has 3 nitrogen and oxygen atoms in total. The molecule has 31 heavy (non-hydrogen) atoms. The molecular formula is C28H44N2O. The third-order valence-electron chi connectivity index (χ3n) is 6.54. The smallest absolute Gasteiger partial charge is 0.105 e. The molecule has 3 heteroatoms. The molecule has 1 N–H and O–H groups in total. The minimum atomic E-state index is 0.100. The van der Waals surface area contributed by atoms with Gasteiger partial charge in [0.05, 0.1) is 7.11 Å². The highest BCUT2D eigenvalue weighted by atomic mass is 16.5. The zero-order valence-corrected chi connectivity index (χ0v) is 20.7. The highest BCUT2D eigenvalue weighted by Crippen LogP contribution is 2.37. The van der Waals surface area contributed by atoms with E-state index in [1.807, 2.05) is 7.11 Å². The van der Waals surface area contributed by atoms with E-state index in [2.05, 4.69) is 93.4 Å². The molecule has 0 aliphatic heterocycles. The molecule has 2 atom stereocenters. The number of methoxy groups -OCH3 is 1. The van der Waals surface area contributed by atoms with Gasteiger partial charge in [-0.1, -0.05) is 70.2 Å². The maximum atomic E-state index is 5.83. The molecule has 0 radical (unpaired) electrons. The third kappa shape index (κ3) is 6.74. The van der Waals surface area contributed by atoms with Gasteiger partial charge in [0.1, 0.15) is 5.76 Å². The Morgan fingerprint density at radius 2 is 1.84 bits per heavy atom. The normalized spacial score (nSPS) is 18.6. The lowest BCUT2D eigenvalue weighted by Crippen LogP contribution is -2.36. The average Bonchev–Trinajstić information content (AvgIpc) is 2.79. The quantitative estimate of drug-likeness (QED) is 0.366. The first-order valence-corrected chi connectivity index (χ1v) is 12.2. The van der Waals surface area contributed by atoms with Crippen LogP contribution in [0.3, 0.4) is 0 Å². The van der Waals surface area contributed by atoms with Gasteiger partial charge in [0.25, 0.3) is 0 Å². The van der Waals surface area contributed by atoms with Crippen molar-refractivity contribution in [1.82, 2.24) is 4.90 Å². The predicted octanol–water partition coefficient (Wildman–Crippen LogP) is 7.08. The van der Waals surface area contributed by atoms with Crippen molar-refractivity contribution in [1.29, 1.82) is 0 Å². The monoisotopic (exact) mass is 424 g/mol. The van der Waals surface area contributed by atoms with Crippen LogP contribution in [0, 0.1) is 0 Å². The van der Waals surface area contributed by atoms with Gasteiger partial charge in [-0.15, -0.1) is 0 Å². The summed E-state index contributed by atoms with van der Waals surface area (Å²) in [5, 5.41) is 3.54. The van der Waals surface area contributed by atoms with Crippen LogP contribution in [0.25, 0.3) is 0 Å². The number of allylic oxidation sites excluding steroid dienone is 4. The standard InChI is InChI=1S/C28H44N2O/c1-7-20-30(21-8-2)24-18-17-23(27(22-24)31-6)14-13-19-28(5,9-3)25-15-11-12-16-26(25)29-10-4/h11-18,24,29H,7-10,19-22H2,1-6H3/b14-13+. The minimum Gasteiger partial charge on any atom is -0.500 e. The molecule has 0 amide bonds. The van der Waals surface area contributed by atoms with Gasteiger partial charge in [-0.2, -0.15) is 0 Å². The highest BCUT2D eigenvalue weighted by molar-refractivity contribution is 5.54. The Balaban J connectivity index is 2.16. The van der Waals surface area contributed by atoms with Crippen LogP contribution in [0.4, 0.5) is 5.69 Å². The SMILES string of the molecule is CCCN(CCC)C1C=CC(/C=C/CC(C)(CC)c2ccccc2NCC)=C(OC)C1. The number of ether oxygens (including phenoxy) is 1. The van der Waals surface area contributed by atoms with Gasteiger partial charge < -0.3 is 10.1 Å². The fourth-order valence-corrected chi connectivity index (χ4v) is 4.55. The molecule has 0 aromatic heterocycles. The Morgan fingerprint density at radius 3 is 2.45 bits per heavy atom. The maximum Gasteiger partial charge on any atom is 0.105 e. The second-order valence-electron chi connectivity index (χ2n) is 8.85. The Bertz CT molecular complexity index is 758. The lowest BCUT2D eigenvalue weighted by atomic mass is 9.76. The Hall–Kier alpha value is -2.00. The van der Waals surface area contributed by atoms with Crippen LogP contribution in [-0.4, -0.2) is 37.7 Å². The molecule has 0 fully saturated rings. The first-order valence-electron chi connectivity index (χ1n) is 12.2. The number of benzene rings is 1. The van der Waals surface area contributed by atoms with E-state index in [1.165, 1.54) is 29.7 Å². The number of nitrogens with one attached hydrogen (secondary N) is 1. The summed E-state index contributed by atoms with van der Waals surface area (Å²) in [6.45, 7) is 14.6. The van der Waals surface area contributed by atoms with Gasteiger partial charge in [-0.3, -0.25) is 4.90 Å². The number of hydrogen-bond acceptors (Lipinski definition) is 3. The molecule has 0 heterocycles. The Labute approximate surface area is 191 Å². The van der Waals surface area contributed by atoms with E-state index in [0.717, 1.165) is 44.7 Å². The zero-order valence-electron chi connectivity index (χ0n) is 20.7. The predicted molar refractivity (Wildman–Crippen MR) is 136 cm³/mol. The van der Waals surface area contributed by atoms with Crippen LogP contribution in [0.1, 0.15) is 72.3 Å². The minimum absolute atomic E-state index is 0.100. The summed E-state index contributed by atoms with van der Waals surface area (Å²) < 4.78 is 5.83. The van der Waals surface area contributed by atoms with Crippen LogP contribution in [0.15, 0.2) is 59.9 Å². The van der Waals surface area contributed by atoms with Gasteiger partial charge in [0.15, 0.2) is 0 Å². The summed E-state index contributed by atoms with van der Waals surface area (Å²) in [5.74, 6) is 1.10. The molecule has 2 unspecified atom stereocenters. The van der Waals surface area contributed by atoms with E-state index < -0.39 is 0 Å². The highest BCUT2D eigenvalue weighted by Gasteiger charge is 2.26. The van der Waals surface area contributed by atoms with E-state index in [9.17, 15) is 0 Å². The second-order valence-corrected chi connectivity index (χ2v) is 8.85. The summed E-state index contributed by atoms with van der Waals surface area (Å²) in [6, 6.07) is 9.19. The van der Waals surface area contributed by atoms with Crippen molar-refractivity contribution < 1.29 is 4.74 Å². The van der Waals surface area contributed by atoms with E-state index in [-0.39, 0.29) is 5.41 Å². The topological polar surface area (TPSA) is 24.5 Å². The number of anilines is 1. The molecule has 2 rings (SSSR count). The first-order chi connectivity index (χ1) is 15.0. The van der Waals surface area contributed by atoms with Crippen molar-refractivity contribution in [2.45, 2.75) is 78.2 Å². The van der Waals surface area contributed by atoms with Crippen molar-refractivity contribution in [2.24, 2.45) is 0 Å². The first kappa shape index (κ1) is 25.3. The van der Waals surface area contributed by atoms with Crippen molar-refractivity contribution in [3.8, 4) is 0 Å². The fraction of sp³-hybridized carbons (Fsp3) is 0.571. The van der Waals surface area contributed by atoms with E-state index in [1.54, 1.807) is 0 Å². The van der Waals surface area contributed by atoms with E-state index in [0.29, 0.717) is 6.04 Å². The molecule has 1 aromatic carbocycles. The fourth-order valence-electron chi connectivity index (χ4n) is 4.55. The summed E-state index contributed by atoms with van der Waals surface area (Å²) >= 11 is 0. The van der Waals surface area contributed by atoms with Crippen molar-refractivity contribution in [3.63, 3.8) is 0 Å². The van der Waals surface area contributed by atoms with E-state index >= 15 is 0 Å². The maximum absolute atomic E-state index is 5.83. The number of hydrogen-bond donors (Lipinski definition) is 1. The largest absolute Gasteiger partial charge is 0.500 e. The molecule has 1 aliphatic carbocycles. The zero-order chi connectivity index (χ0) is 22.7. The number of rotatable bonds is 13. The van der Waals surface area contributed by atoms with Gasteiger partial charge in [-0.25, -0.2) is 0 Å². The number of para-hydroxylation sites is 1. The molecule has 0 bridgehead atoms. The van der Waals surface area contributed by atoms with Gasteiger partial charge in [0.2, 0.25) is 0 Å². The van der Waals surface area contributed by atoms with Crippen LogP contribution >= 0.6 is 0 Å². The summed E-state index contributed by atoms with van der Waals surface area (Å²) in [6.07, 6.45) is 14.7. The van der Waals surface area contributed by atoms with E-state index in [4.69, 9.17) is 4.74 Å². The summed E-state index contributed by atoms with van der Waals surface area (Å²) in [7, 11) is 1.81. The molecule has 0 spiro atoms. The average molecular weight is 425 g/mol. The van der Waals surface area contributed by atoms with Gasteiger partial charge in [-0.05, 0) is 62.7 Å². The van der Waals surface area contributed by atoms with Crippen LogP contribution < -0.4 is 5.32 Å². The van der Waals surface area contributed by atoms with Crippen LogP contribution in [-0.2, 0) is 10.2 Å². The van der Waals surface area contributed by atoms with Crippen LogP contribution in [0.5, 0.6) is 0 Å². The Morgan fingerprint density at radius 1 is 1.13 bits per heavy atom. The Kier molecular flexibility index (Phi) is 10.4.